The van der Waals surface area contributed by atoms with Crippen LogP contribution in [0, 0.1) is 11.8 Å². The van der Waals surface area contributed by atoms with Crippen molar-refractivity contribution in [2.75, 3.05) is 34.5 Å². The molecule has 0 saturated carbocycles. The van der Waals surface area contributed by atoms with E-state index in [0.717, 1.165) is 22.3 Å². The smallest absolute Gasteiger partial charge is 0.203 e. The van der Waals surface area contributed by atoms with Crippen molar-refractivity contribution >= 4 is 0 Å². The summed E-state index contributed by atoms with van der Waals surface area (Å²) in [5.41, 5.74) is 4.20. The van der Waals surface area contributed by atoms with E-state index in [4.69, 9.17) is 33.2 Å². The average molecular weight is 572 g/mol. The number of ether oxygens (including phenoxy) is 7. The van der Waals surface area contributed by atoms with Crippen molar-refractivity contribution in [2.24, 2.45) is 11.8 Å². The Morgan fingerprint density at radius 3 is 1.60 bits per heavy atom. The second kappa shape index (κ2) is 12.8. The fraction of sp³-hybridized carbons (Fsp3) is 0.314. The molecule has 0 bridgehead atoms. The van der Waals surface area contributed by atoms with Crippen LogP contribution in [0.1, 0.15) is 34.5 Å². The Hall–Kier alpha value is -4.20. The highest BCUT2D eigenvalue weighted by Crippen LogP contribution is 2.52. The third-order valence-electron chi connectivity index (χ3n) is 8.05. The summed E-state index contributed by atoms with van der Waals surface area (Å²) in [6.07, 6.45) is -0.254. The van der Waals surface area contributed by atoms with Crippen molar-refractivity contribution in [3.63, 3.8) is 0 Å². The van der Waals surface area contributed by atoms with Crippen LogP contribution in [0.5, 0.6) is 28.7 Å². The Morgan fingerprint density at radius 1 is 0.548 bits per heavy atom. The van der Waals surface area contributed by atoms with Gasteiger partial charge in [0.05, 0.1) is 46.8 Å². The molecule has 0 spiro atoms. The number of benzene rings is 4. The summed E-state index contributed by atoms with van der Waals surface area (Å²) in [7, 11) is 4.94. The normalized spacial score (nSPS) is 21.0. The van der Waals surface area contributed by atoms with E-state index >= 15 is 0 Å². The molecule has 7 heteroatoms. The number of hydrogen-bond acceptors (Lipinski definition) is 7. The van der Waals surface area contributed by atoms with Gasteiger partial charge in [-0.15, -0.1) is 0 Å². The van der Waals surface area contributed by atoms with E-state index in [0.29, 0.717) is 55.2 Å². The molecule has 4 atom stereocenters. The minimum atomic E-state index is -0.152. The van der Waals surface area contributed by atoms with Gasteiger partial charge in [0.15, 0.2) is 23.0 Å². The van der Waals surface area contributed by atoms with E-state index in [1.54, 1.807) is 21.3 Å². The first-order valence-corrected chi connectivity index (χ1v) is 14.2. The maximum absolute atomic E-state index is 6.41. The molecular formula is C35H36O7. The van der Waals surface area contributed by atoms with Crippen LogP contribution in [-0.4, -0.2) is 34.5 Å². The van der Waals surface area contributed by atoms with Gasteiger partial charge in [-0.3, -0.25) is 0 Å². The molecule has 2 fully saturated rings. The van der Waals surface area contributed by atoms with Gasteiger partial charge in [-0.2, -0.15) is 0 Å². The van der Waals surface area contributed by atoms with Crippen LogP contribution in [0.4, 0.5) is 0 Å². The minimum Gasteiger partial charge on any atom is -0.493 e. The summed E-state index contributed by atoms with van der Waals surface area (Å²) in [5.74, 6) is 3.56. The van der Waals surface area contributed by atoms with E-state index < -0.39 is 0 Å². The quantitative estimate of drug-likeness (QED) is 0.181. The van der Waals surface area contributed by atoms with Crippen LogP contribution in [0.3, 0.4) is 0 Å². The number of hydrogen-bond donors (Lipinski definition) is 0. The van der Waals surface area contributed by atoms with Crippen LogP contribution in [0.15, 0.2) is 91.0 Å². The van der Waals surface area contributed by atoms with Crippen LogP contribution in [-0.2, 0) is 22.7 Å². The van der Waals surface area contributed by atoms with Gasteiger partial charge in [-0.25, -0.2) is 0 Å². The molecule has 0 N–H and O–H groups in total. The summed E-state index contributed by atoms with van der Waals surface area (Å²) in [6.45, 7) is 2.06. The van der Waals surface area contributed by atoms with Crippen LogP contribution >= 0.6 is 0 Å². The van der Waals surface area contributed by atoms with Crippen molar-refractivity contribution in [2.45, 2.75) is 25.4 Å². The zero-order valence-corrected chi connectivity index (χ0v) is 24.2. The Bertz CT molecular complexity index is 1450. The summed E-state index contributed by atoms with van der Waals surface area (Å²) in [6, 6.07) is 30.1. The summed E-state index contributed by atoms with van der Waals surface area (Å²) in [4.78, 5) is 0. The predicted molar refractivity (Wildman–Crippen MR) is 158 cm³/mol. The Morgan fingerprint density at radius 2 is 1.05 bits per heavy atom. The third-order valence-corrected chi connectivity index (χ3v) is 8.05. The molecule has 4 aromatic rings. The highest BCUT2D eigenvalue weighted by Gasteiger charge is 2.48. The third kappa shape index (κ3) is 5.75. The highest BCUT2D eigenvalue weighted by atomic mass is 16.6. The van der Waals surface area contributed by atoms with Crippen molar-refractivity contribution in [1.82, 2.24) is 0 Å². The Kier molecular flexibility index (Phi) is 8.49. The summed E-state index contributed by atoms with van der Waals surface area (Å²) in [5, 5.41) is 0. The first kappa shape index (κ1) is 27.9. The summed E-state index contributed by atoms with van der Waals surface area (Å²) < 4.78 is 42.2. The Balaban J connectivity index is 1.17. The van der Waals surface area contributed by atoms with E-state index in [1.807, 2.05) is 84.9 Å². The van der Waals surface area contributed by atoms with Crippen molar-refractivity contribution in [1.29, 1.82) is 0 Å². The standard InChI is InChI=1S/C35H36O7/c1-36-30-16-25(14-15-29(30)39-19-23-10-6-4-7-11-23)33-27-21-42-34(28(27)22-41-33)26-17-31(37-2)35(32(18-26)38-3)40-20-24-12-8-5-9-13-24/h4-18,27-28,33-34H,19-22H2,1-3H3/t27-,28-,33+,34+/m0/s1/i21+1,27+1,33+1. The fourth-order valence-corrected chi connectivity index (χ4v) is 5.89. The first-order valence-electron chi connectivity index (χ1n) is 14.2. The van der Waals surface area contributed by atoms with E-state index in [2.05, 4.69) is 6.07 Å². The fourth-order valence-electron chi connectivity index (χ4n) is 5.89. The van der Waals surface area contributed by atoms with Crippen molar-refractivity contribution in [3.05, 3.63) is 113 Å². The zero-order chi connectivity index (χ0) is 28.9. The lowest BCUT2D eigenvalue weighted by Gasteiger charge is -2.21. The second-order valence-corrected chi connectivity index (χ2v) is 10.5. The van der Waals surface area contributed by atoms with Gasteiger partial charge in [0.1, 0.15) is 13.2 Å². The summed E-state index contributed by atoms with van der Waals surface area (Å²) >= 11 is 0. The van der Waals surface area contributed by atoms with Gasteiger partial charge in [0, 0.05) is 11.8 Å². The molecule has 2 saturated heterocycles. The highest BCUT2D eigenvalue weighted by molar-refractivity contribution is 5.55. The van der Waals surface area contributed by atoms with Gasteiger partial charge in [0.25, 0.3) is 0 Å². The molecule has 2 heterocycles. The monoisotopic (exact) mass is 571 g/mol. The molecule has 0 amide bonds. The van der Waals surface area contributed by atoms with Crippen molar-refractivity contribution < 1.29 is 33.2 Å². The van der Waals surface area contributed by atoms with Gasteiger partial charge in [-0.05, 0) is 46.5 Å². The first-order chi connectivity index (χ1) is 20.7. The number of methoxy groups -OCH3 is 3. The molecule has 0 aromatic heterocycles. The van der Waals surface area contributed by atoms with Gasteiger partial charge in [-0.1, -0.05) is 66.7 Å². The van der Waals surface area contributed by atoms with Crippen molar-refractivity contribution in [3.8, 4) is 28.7 Å². The predicted octanol–water partition coefficient (Wildman–Crippen LogP) is 6.95. The molecule has 42 heavy (non-hydrogen) atoms. The molecule has 218 valence electrons. The van der Waals surface area contributed by atoms with E-state index in [1.165, 1.54) is 0 Å². The maximum atomic E-state index is 6.41. The van der Waals surface area contributed by atoms with E-state index in [9.17, 15) is 0 Å². The van der Waals surface area contributed by atoms with Crippen LogP contribution in [0.25, 0.3) is 0 Å². The molecule has 6 rings (SSSR count). The Labute approximate surface area is 246 Å². The number of rotatable bonds is 11. The maximum Gasteiger partial charge on any atom is 0.203 e. The van der Waals surface area contributed by atoms with Gasteiger partial charge >= 0.3 is 0 Å². The topological polar surface area (TPSA) is 64.6 Å². The average Bonchev–Trinajstić information content (AvgIpc) is 3.66. The lowest BCUT2D eigenvalue weighted by atomic mass is 10.00. The van der Waals surface area contributed by atoms with E-state index in [-0.39, 0.29) is 24.0 Å². The number of fused-ring (bicyclic) bond motifs is 1. The molecule has 0 aliphatic carbocycles. The molecule has 0 radical (unpaired) electrons. The van der Waals surface area contributed by atoms with Crippen LogP contribution in [0.2, 0.25) is 0 Å². The largest absolute Gasteiger partial charge is 0.493 e. The minimum absolute atomic E-state index is 0.102. The molecule has 2 aliphatic heterocycles. The zero-order valence-electron chi connectivity index (χ0n) is 24.2. The second-order valence-electron chi connectivity index (χ2n) is 10.5. The molecular weight excluding hydrogens is 535 g/mol. The lowest BCUT2D eigenvalue weighted by Crippen LogP contribution is -2.15. The SMILES string of the molecule is COc1cc([13C@H]2OC[C@@H]3[C@@H](c4cc(OC)c(OCc5ccccc5)c(OC)c4)O[13CH2][13C@@H]32)ccc1OCc1ccccc1. The molecule has 4 aromatic carbocycles. The van der Waals surface area contributed by atoms with Gasteiger partial charge in [0.2, 0.25) is 5.75 Å². The molecule has 0 unspecified atom stereocenters. The van der Waals surface area contributed by atoms with Gasteiger partial charge < -0.3 is 33.2 Å². The van der Waals surface area contributed by atoms with Crippen LogP contribution < -0.4 is 23.7 Å². The molecule has 7 nitrogen and oxygen atoms in total. The lowest BCUT2D eigenvalue weighted by molar-refractivity contribution is 0.0190. The molecule has 2 aliphatic rings.